The van der Waals surface area contributed by atoms with Crippen molar-refractivity contribution in [1.29, 1.82) is 5.26 Å². The molecule has 0 heterocycles. The fourth-order valence-electron chi connectivity index (χ4n) is 0.653. The summed E-state index contributed by atoms with van der Waals surface area (Å²) in [6.45, 7) is 2.21. The second kappa shape index (κ2) is 10.3. The molecule has 64 valence electrons. The summed E-state index contributed by atoms with van der Waals surface area (Å²) in [5, 5.41) is 8.25. The highest BCUT2D eigenvalue weighted by molar-refractivity contribution is 8.03. The lowest BCUT2D eigenvalue weighted by atomic mass is 10.4. The maximum atomic E-state index is 8.25. The van der Waals surface area contributed by atoms with Gasteiger partial charge in [-0.3, -0.25) is 0 Å². The van der Waals surface area contributed by atoms with Crippen molar-refractivity contribution in [3.05, 3.63) is 0 Å². The van der Waals surface area contributed by atoms with Gasteiger partial charge in [0.2, 0.25) is 0 Å². The van der Waals surface area contributed by atoms with Crippen LogP contribution in [0, 0.1) is 11.3 Å². The molecule has 11 heavy (non-hydrogen) atoms. The Hall–Kier alpha value is 0.270. The summed E-state index contributed by atoms with van der Waals surface area (Å²) in [6.07, 6.45) is 4.38. The first-order chi connectivity index (χ1) is 5.41. The number of nitriles is 1. The van der Waals surface area contributed by atoms with Crippen LogP contribution in [0.4, 0.5) is 0 Å². The lowest BCUT2D eigenvalue weighted by Gasteiger charge is -1.97. The highest BCUT2D eigenvalue weighted by Crippen LogP contribution is 2.19. The Labute approximate surface area is 75.7 Å². The van der Waals surface area contributed by atoms with Crippen LogP contribution >= 0.6 is 20.3 Å². The topological polar surface area (TPSA) is 23.8 Å². The van der Waals surface area contributed by atoms with Gasteiger partial charge in [0.15, 0.2) is 0 Å². The average molecular weight is 189 g/mol. The summed E-state index contributed by atoms with van der Waals surface area (Å²) in [6, 6.07) is 2.17. The summed E-state index contributed by atoms with van der Waals surface area (Å²) in [5.74, 6) is 1.30. The van der Waals surface area contributed by atoms with Gasteiger partial charge in [-0.05, 0) is 24.8 Å². The van der Waals surface area contributed by atoms with Gasteiger partial charge in [-0.25, -0.2) is 0 Å². The number of rotatable bonds is 7. The van der Waals surface area contributed by atoms with Crippen LogP contribution in [0.15, 0.2) is 0 Å². The van der Waals surface area contributed by atoms with E-state index in [0.29, 0.717) is 0 Å². The quantitative estimate of drug-likeness (QED) is 0.454. The van der Waals surface area contributed by atoms with Crippen molar-refractivity contribution in [3.63, 3.8) is 0 Å². The summed E-state index contributed by atoms with van der Waals surface area (Å²) in [7, 11) is 1.06. The van der Waals surface area contributed by atoms with E-state index in [1.807, 2.05) is 11.8 Å². The zero-order chi connectivity index (χ0) is 8.36. The average Bonchev–Trinajstić information content (AvgIpc) is 2.03. The molecular weight excluding hydrogens is 173 g/mol. The molecule has 0 aliphatic rings. The maximum Gasteiger partial charge on any atom is 0.0621 e. The van der Waals surface area contributed by atoms with E-state index in [4.69, 9.17) is 5.26 Å². The molecule has 1 atom stereocenters. The lowest BCUT2D eigenvalue weighted by molar-refractivity contribution is 0.979. The minimum Gasteiger partial charge on any atom is -0.198 e. The molecule has 0 aliphatic heterocycles. The van der Waals surface area contributed by atoms with E-state index in [2.05, 4.69) is 13.0 Å². The van der Waals surface area contributed by atoms with Crippen LogP contribution in [0.5, 0.6) is 0 Å². The number of nitrogens with zero attached hydrogens (tertiary/aromatic N) is 1. The molecule has 0 aromatic carbocycles. The molecule has 1 unspecified atom stereocenters. The summed E-state index contributed by atoms with van der Waals surface area (Å²) in [5.41, 5.74) is 1.30. The third kappa shape index (κ3) is 10.3. The molecular formula is C8H16NPS. The van der Waals surface area contributed by atoms with E-state index >= 15 is 0 Å². The van der Waals surface area contributed by atoms with Crippen LogP contribution < -0.4 is 0 Å². The molecule has 0 N–H and O–H groups in total. The smallest absolute Gasteiger partial charge is 0.0621 e. The molecule has 0 bridgehead atoms. The van der Waals surface area contributed by atoms with Gasteiger partial charge in [-0.2, -0.15) is 17.0 Å². The summed E-state index contributed by atoms with van der Waals surface area (Å²) < 4.78 is 0. The Kier molecular flexibility index (Phi) is 10.5. The molecule has 0 spiro atoms. The lowest BCUT2D eigenvalue weighted by Crippen LogP contribution is -1.78. The number of unbranched alkanes of at least 4 members (excludes halogenated alkanes) is 1. The van der Waals surface area contributed by atoms with Crippen molar-refractivity contribution in [1.82, 2.24) is 0 Å². The van der Waals surface area contributed by atoms with Crippen molar-refractivity contribution in [3.8, 4) is 6.07 Å². The maximum absolute atomic E-state index is 8.25. The molecule has 0 saturated carbocycles. The van der Waals surface area contributed by atoms with Crippen molar-refractivity contribution in [2.75, 3.05) is 17.4 Å². The molecule has 0 radical (unpaired) electrons. The Morgan fingerprint density at radius 1 is 1.55 bits per heavy atom. The number of thioether (sulfide) groups is 1. The molecule has 0 rings (SSSR count). The Balaban J connectivity index is 2.75. The molecule has 0 aliphatic carbocycles. The first kappa shape index (κ1) is 11.3. The van der Waals surface area contributed by atoms with Crippen molar-refractivity contribution < 1.29 is 0 Å². The van der Waals surface area contributed by atoms with Gasteiger partial charge < -0.3 is 0 Å². The molecule has 3 heteroatoms. The Bertz CT molecular complexity index is 111. The van der Waals surface area contributed by atoms with Crippen LogP contribution in [-0.2, 0) is 0 Å². The summed E-state index contributed by atoms with van der Waals surface area (Å²) in [4.78, 5) is 0. The van der Waals surface area contributed by atoms with E-state index in [9.17, 15) is 0 Å². The normalized spacial score (nSPS) is 10.5. The van der Waals surface area contributed by atoms with E-state index in [1.54, 1.807) is 0 Å². The summed E-state index contributed by atoms with van der Waals surface area (Å²) >= 11 is 2.04. The van der Waals surface area contributed by atoms with Gasteiger partial charge >= 0.3 is 0 Å². The van der Waals surface area contributed by atoms with Crippen LogP contribution in [0.3, 0.4) is 0 Å². The van der Waals surface area contributed by atoms with E-state index in [0.717, 1.165) is 21.4 Å². The highest BCUT2D eigenvalue weighted by Gasteiger charge is 1.88. The van der Waals surface area contributed by atoms with Crippen molar-refractivity contribution in [2.45, 2.75) is 26.2 Å². The van der Waals surface area contributed by atoms with Crippen molar-refractivity contribution in [2.24, 2.45) is 0 Å². The van der Waals surface area contributed by atoms with E-state index in [-0.39, 0.29) is 0 Å². The molecule has 0 amide bonds. The fraction of sp³-hybridized carbons (Fsp3) is 0.875. The van der Waals surface area contributed by atoms with Crippen molar-refractivity contribution >= 4 is 20.3 Å². The Morgan fingerprint density at radius 2 is 2.36 bits per heavy atom. The Morgan fingerprint density at radius 3 is 3.00 bits per heavy atom. The van der Waals surface area contributed by atoms with Crippen LogP contribution in [0.25, 0.3) is 0 Å². The SMILES string of the molecule is CCCSCPCCCC#N. The van der Waals surface area contributed by atoms with E-state index in [1.165, 1.54) is 23.8 Å². The van der Waals surface area contributed by atoms with Gasteiger partial charge in [0.25, 0.3) is 0 Å². The first-order valence-electron chi connectivity index (χ1n) is 4.07. The minimum absolute atomic E-state index is 0.742. The largest absolute Gasteiger partial charge is 0.198 e. The predicted molar refractivity (Wildman–Crippen MR) is 55.6 cm³/mol. The first-order valence-corrected chi connectivity index (χ1v) is 6.64. The molecule has 1 nitrogen and oxygen atoms in total. The molecule has 0 fully saturated rings. The highest BCUT2D eigenvalue weighted by atomic mass is 32.2. The van der Waals surface area contributed by atoms with Crippen LogP contribution in [0.2, 0.25) is 0 Å². The predicted octanol–water partition coefficient (Wildman–Crippen LogP) is 3.07. The zero-order valence-electron chi connectivity index (χ0n) is 7.10. The van der Waals surface area contributed by atoms with Gasteiger partial charge in [0.05, 0.1) is 6.07 Å². The third-order valence-corrected chi connectivity index (χ3v) is 4.23. The van der Waals surface area contributed by atoms with Gasteiger partial charge in [0.1, 0.15) is 0 Å². The molecule has 0 aromatic heterocycles. The third-order valence-electron chi connectivity index (χ3n) is 1.19. The second-order valence-electron chi connectivity index (χ2n) is 2.31. The second-order valence-corrected chi connectivity index (χ2v) is 5.29. The van der Waals surface area contributed by atoms with Crippen LogP contribution in [0.1, 0.15) is 26.2 Å². The van der Waals surface area contributed by atoms with Gasteiger partial charge in [0, 0.05) is 11.9 Å². The van der Waals surface area contributed by atoms with E-state index < -0.39 is 0 Å². The zero-order valence-corrected chi connectivity index (χ0v) is 8.91. The standard InChI is InChI=1S/C8H16NPS/c1-2-7-11-8-10-6-4-3-5-9/h10H,2-4,6-8H2,1H3. The fourth-order valence-corrected chi connectivity index (χ4v) is 3.10. The number of hydrogen-bond acceptors (Lipinski definition) is 2. The van der Waals surface area contributed by atoms with Gasteiger partial charge in [-0.1, -0.05) is 6.92 Å². The van der Waals surface area contributed by atoms with Gasteiger partial charge in [-0.15, -0.1) is 8.58 Å². The number of hydrogen-bond donors (Lipinski definition) is 0. The minimum atomic E-state index is 0.742. The monoisotopic (exact) mass is 189 g/mol. The van der Waals surface area contributed by atoms with Crippen LogP contribution in [-0.4, -0.2) is 17.4 Å². The molecule has 0 saturated heterocycles. The molecule has 0 aromatic rings.